The van der Waals surface area contributed by atoms with E-state index in [1.807, 2.05) is 0 Å². The predicted octanol–water partition coefficient (Wildman–Crippen LogP) is 0.631. The molecule has 0 saturated carbocycles. The third-order valence-electron chi connectivity index (χ3n) is 1.98. The molecule has 0 fully saturated rings. The molecule has 0 aliphatic heterocycles. The van der Waals surface area contributed by atoms with E-state index in [-0.39, 0.29) is 5.78 Å². The summed E-state index contributed by atoms with van der Waals surface area (Å²) in [6.45, 7) is 1.68. The minimum Gasteiger partial charge on any atom is -0.501 e. The number of allylic oxidation sites excluding steroid dienone is 1. The molecule has 0 unspecified atom stereocenters. The summed E-state index contributed by atoms with van der Waals surface area (Å²) >= 11 is 0. The number of aliphatic hydroxyl groups is 1. The number of ether oxygens (including phenoxy) is 1. The van der Waals surface area contributed by atoms with E-state index in [9.17, 15) is 4.79 Å². The fraction of sp³-hybridized carbons (Fsp3) is 0.625. The fourth-order valence-corrected chi connectivity index (χ4v) is 1.23. The van der Waals surface area contributed by atoms with Crippen LogP contribution in [0.3, 0.4) is 0 Å². The van der Waals surface area contributed by atoms with Gasteiger partial charge in [-0.1, -0.05) is 0 Å². The second kappa shape index (κ2) is 3.05. The van der Waals surface area contributed by atoms with Crippen LogP contribution in [0, 0.1) is 0 Å². The Kier molecular flexibility index (Phi) is 2.29. The third-order valence-corrected chi connectivity index (χ3v) is 1.98. The normalized spacial score (nSPS) is 25.7. The molecule has 0 aromatic heterocycles. The minimum atomic E-state index is -0.811. The average molecular weight is 156 g/mol. The van der Waals surface area contributed by atoms with Gasteiger partial charge < -0.3 is 9.84 Å². The summed E-state index contributed by atoms with van der Waals surface area (Å²) in [6, 6.07) is 0. The van der Waals surface area contributed by atoms with Crippen molar-refractivity contribution in [2.24, 2.45) is 0 Å². The van der Waals surface area contributed by atoms with Crippen molar-refractivity contribution in [2.45, 2.75) is 25.9 Å². The molecule has 11 heavy (non-hydrogen) atoms. The van der Waals surface area contributed by atoms with E-state index in [2.05, 4.69) is 0 Å². The maximum Gasteiger partial charge on any atom is 0.190 e. The predicted molar refractivity (Wildman–Crippen MR) is 40.0 cm³/mol. The first-order valence-electron chi connectivity index (χ1n) is 3.63. The van der Waals surface area contributed by atoms with Gasteiger partial charge in [0.15, 0.2) is 5.78 Å². The highest BCUT2D eigenvalue weighted by Gasteiger charge is 2.25. The number of hydrogen-bond donors (Lipinski definition) is 1. The number of ketones is 1. The molecule has 0 aromatic carbocycles. The lowest BCUT2D eigenvalue weighted by Gasteiger charge is -2.19. The van der Waals surface area contributed by atoms with E-state index in [0.29, 0.717) is 24.2 Å². The van der Waals surface area contributed by atoms with Crippen molar-refractivity contribution in [3.8, 4) is 0 Å². The van der Waals surface area contributed by atoms with Crippen molar-refractivity contribution in [2.75, 3.05) is 7.11 Å². The molecule has 0 radical (unpaired) electrons. The van der Waals surface area contributed by atoms with Crippen LogP contribution >= 0.6 is 0 Å². The van der Waals surface area contributed by atoms with Gasteiger partial charge in [0.05, 0.1) is 7.11 Å². The molecule has 3 nitrogen and oxygen atoms in total. The standard InChI is InChI=1S/C8H12O3/c1-5-7(11-2)4-3-6(9)8(5)10/h6,9H,3-4H2,1-2H3/t6-/m1/s1. The number of Topliss-reactive ketones (excluding diaryl/α,β-unsaturated/α-hetero) is 1. The Morgan fingerprint density at radius 3 is 2.82 bits per heavy atom. The van der Waals surface area contributed by atoms with E-state index >= 15 is 0 Å². The monoisotopic (exact) mass is 156 g/mol. The molecule has 0 spiro atoms. The van der Waals surface area contributed by atoms with Gasteiger partial charge >= 0.3 is 0 Å². The van der Waals surface area contributed by atoms with Gasteiger partial charge in [-0.3, -0.25) is 4.79 Å². The fourth-order valence-electron chi connectivity index (χ4n) is 1.23. The lowest BCUT2D eigenvalue weighted by Crippen LogP contribution is -2.26. The van der Waals surface area contributed by atoms with Crippen LogP contribution in [-0.4, -0.2) is 24.1 Å². The SMILES string of the molecule is COC1=C(C)C(=O)[C@H](O)CC1. The maximum atomic E-state index is 11.1. The maximum absolute atomic E-state index is 11.1. The average Bonchev–Trinajstić information content (AvgIpc) is 2.01. The van der Waals surface area contributed by atoms with Crippen LogP contribution in [0.1, 0.15) is 19.8 Å². The van der Waals surface area contributed by atoms with Gasteiger partial charge in [0, 0.05) is 12.0 Å². The molecule has 1 aliphatic rings. The van der Waals surface area contributed by atoms with Crippen LogP contribution in [0.4, 0.5) is 0 Å². The van der Waals surface area contributed by atoms with Crippen molar-refractivity contribution in [3.63, 3.8) is 0 Å². The van der Waals surface area contributed by atoms with Gasteiger partial charge in [0.25, 0.3) is 0 Å². The molecule has 1 atom stereocenters. The number of rotatable bonds is 1. The Balaban J connectivity index is 2.87. The van der Waals surface area contributed by atoms with E-state index in [1.54, 1.807) is 14.0 Å². The molecule has 0 amide bonds. The highest BCUT2D eigenvalue weighted by Crippen LogP contribution is 2.21. The van der Waals surface area contributed by atoms with E-state index < -0.39 is 6.10 Å². The molecular weight excluding hydrogens is 144 g/mol. The van der Waals surface area contributed by atoms with E-state index in [4.69, 9.17) is 9.84 Å². The first-order valence-corrected chi connectivity index (χ1v) is 3.63. The summed E-state index contributed by atoms with van der Waals surface area (Å²) in [5, 5.41) is 9.12. The summed E-state index contributed by atoms with van der Waals surface area (Å²) in [6.07, 6.45) is 0.336. The zero-order chi connectivity index (χ0) is 8.43. The number of aliphatic hydroxyl groups excluding tert-OH is 1. The molecule has 0 bridgehead atoms. The lowest BCUT2D eigenvalue weighted by molar-refractivity contribution is -0.124. The number of carbonyl (C=O) groups excluding carboxylic acids is 1. The number of methoxy groups -OCH3 is 1. The first kappa shape index (κ1) is 8.27. The summed E-state index contributed by atoms with van der Waals surface area (Å²) in [5.74, 6) is 0.508. The molecule has 1 N–H and O–H groups in total. The van der Waals surface area contributed by atoms with Crippen molar-refractivity contribution in [1.82, 2.24) is 0 Å². The van der Waals surface area contributed by atoms with Crippen molar-refractivity contribution in [1.29, 1.82) is 0 Å². The first-order chi connectivity index (χ1) is 5.16. The summed E-state index contributed by atoms with van der Waals surface area (Å²) in [5.41, 5.74) is 0.561. The molecule has 0 aromatic rings. The van der Waals surface area contributed by atoms with Gasteiger partial charge in [0.2, 0.25) is 0 Å². The zero-order valence-corrected chi connectivity index (χ0v) is 6.76. The smallest absolute Gasteiger partial charge is 0.190 e. The van der Waals surface area contributed by atoms with Crippen LogP contribution in [-0.2, 0) is 9.53 Å². The Bertz CT molecular complexity index is 205. The second-order valence-electron chi connectivity index (χ2n) is 2.67. The van der Waals surface area contributed by atoms with E-state index in [0.717, 1.165) is 0 Å². The molecular formula is C8H12O3. The van der Waals surface area contributed by atoms with Crippen LogP contribution in [0.25, 0.3) is 0 Å². The van der Waals surface area contributed by atoms with Gasteiger partial charge in [-0.15, -0.1) is 0 Å². The van der Waals surface area contributed by atoms with Crippen molar-refractivity contribution >= 4 is 5.78 Å². The Labute approximate surface area is 65.7 Å². The molecule has 0 saturated heterocycles. The highest BCUT2D eigenvalue weighted by molar-refractivity contribution is 5.99. The Morgan fingerprint density at radius 2 is 2.27 bits per heavy atom. The summed E-state index contributed by atoms with van der Waals surface area (Å²) < 4.78 is 4.97. The van der Waals surface area contributed by atoms with E-state index in [1.165, 1.54) is 0 Å². The molecule has 1 aliphatic carbocycles. The lowest BCUT2D eigenvalue weighted by atomic mass is 9.95. The van der Waals surface area contributed by atoms with Gasteiger partial charge in [-0.2, -0.15) is 0 Å². The van der Waals surface area contributed by atoms with Crippen molar-refractivity contribution in [3.05, 3.63) is 11.3 Å². The largest absolute Gasteiger partial charge is 0.501 e. The topological polar surface area (TPSA) is 46.5 Å². The summed E-state index contributed by atoms with van der Waals surface area (Å²) in [4.78, 5) is 11.1. The van der Waals surface area contributed by atoms with Crippen LogP contribution in [0.5, 0.6) is 0 Å². The highest BCUT2D eigenvalue weighted by atomic mass is 16.5. The molecule has 0 heterocycles. The zero-order valence-electron chi connectivity index (χ0n) is 6.76. The minimum absolute atomic E-state index is 0.201. The Hall–Kier alpha value is -0.830. The van der Waals surface area contributed by atoms with Crippen LogP contribution < -0.4 is 0 Å². The Morgan fingerprint density at radius 1 is 1.64 bits per heavy atom. The second-order valence-corrected chi connectivity index (χ2v) is 2.67. The number of carbonyl (C=O) groups is 1. The van der Waals surface area contributed by atoms with Gasteiger partial charge in [-0.25, -0.2) is 0 Å². The number of hydrogen-bond acceptors (Lipinski definition) is 3. The third kappa shape index (κ3) is 1.43. The quantitative estimate of drug-likeness (QED) is 0.605. The van der Waals surface area contributed by atoms with Crippen LogP contribution in [0.15, 0.2) is 11.3 Å². The molecule has 1 rings (SSSR count). The van der Waals surface area contributed by atoms with Crippen LogP contribution in [0.2, 0.25) is 0 Å². The van der Waals surface area contributed by atoms with Gasteiger partial charge in [0.1, 0.15) is 11.9 Å². The molecule has 3 heteroatoms. The van der Waals surface area contributed by atoms with Gasteiger partial charge in [-0.05, 0) is 13.3 Å². The molecule has 62 valence electrons. The summed E-state index contributed by atoms with van der Waals surface area (Å²) in [7, 11) is 1.55. The van der Waals surface area contributed by atoms with Crippen molar-refractivity contribution < 1.29 is 14.6 Å².